The van der Waals surface area contributed by atoms with Crippen molar-refractivity contribution in [1.82, 2.24) is 0 Å². The quantitative estimate of drug-likeness (QED) is 0.627. The van der Waals surface area contributed by atoms with Crippen molar-refractivity contribution < 1.29 is 9.90 Å². The van der Waals surface area contributed by atoms with E-state index in [2.05, 4.69) is 0 Å². The van der Waals surface area contributed by atoms with Crippen LogP contribution in [-0.2, 0) is 4.79 Å². The van der Waals surface area contributed by atoms with Crippen molar-refractivity contribution in [3.63, 3.8) is 0 Å². The fourth-order valence-corrected chi connectivity index (χ4v) is 2.45. The molecule has 0 heterocycles. The van der Waals surface area contributed by atoms with Crippen molar-refractivity contribution in [3.05, 3.63) is 0 Å². The van der Waals surface area contributed by atoms with Crippen LogP contribution in [-0.4, -0.2) is 11.1 Å². The van der Waals surface area contributed by atoms with Crippen LogP contribution in [0.25, 0.3) is 0 Å². The summed E-state index contributed by atoms with van der Waals surface area (Å²) in [6.45, 7) is 0. The first-order valence-corrected chi connectivity index (χ1v) is 4.47. The molecule has 0 radical (unpaired) electrons. The van der Waals surface area contributed by atoms with E-state index < -0.39 is 5.97 Å². The van der Waals surface area contributed by atoms with E-state index in [-0.39, 0.29) is 11.3 Å². The minimum atomic E-state index is -0.554. The van der Waals surface area contributed by atoms with Gasteiger partial charge >= 0.3 is 5.97 Å². The molecule has 0 aliphatic heterocycles. The first-order chi connectivity index (χ1) is 5.25. The number of carbonyl (C=O) groups is 1. The van der Waals surface area contributed by atoms with Gasteiger partial charge in [-0.05, 0) is 31.1 Å². The Morgan fingerprint density at radius 3 is 2.45 bits per heavy atom. The van der Waals surface area contributed by atoms with Gasteiger partial charge in [-0.1, -0.05) is 12.8 Å². The van der Waals surface area contributed by atoms with Crippen LogP contribution < -0.4 is 0 Å². The van der Waals surface area contributed by atoms with E-state index in [1.54, 1.807) is 0 Å². The maximum absolute atomic E-state index is 10.8. The van der Waals surface area contributed by atoms with E-state index in [0.717, 1.165) is 12.8 Å². The molecule has 62 valence electrons. The summed E-state index contributed by atoms with van der Waals surface area (Å²) < 4.78 is 0. The molecule has 1 spiro atoms. The third-order valence-electron chi connectivity index (χ3n) is 3.35. The molecule has 11 heavy (non-hydrogen) atoms. The number of aliphatic carboxylic acids is 1. The van der Waals surface area contributed by atoms with Gasteiger partial charge in [-0.3, -0.25) is 4.79 Å². The van der Waals surface area contributed by atoms with E-state index >= 15 is 0 Å². The molecule has 2 rings (SSSR count). The topological polar surface area (TPSA) is 37.3 Å². The van der Waals surface area contributed by atoms with Crippen molar-refractivity contribution in [2.75, 3.05) is 0 Å². The molecule has 0 aromatic heterocycles. The molecule has 0 aromatic rings. The molecular formula is C9H14O2. The molecule has 1 atom stereocenters. The van der Waals surface area contributed by atoms with Crippen molar-refractivity contribution in [3.8, 4) is 0 Å². The van der Waals surface area contributed by atoms with Crippen molar-refractivity contribution in [2.45, 2.75) is 38.5 Å². The second-order valence-electron chi connectivity index (χ2n) is 4.00. The average molecular weight is 154 g/mol. The number of hydrogen-bond donors (Lipinski definition) is 1. The SMILES string of the molecule is O=C(O)[C@@H]1CCCCC12CC2. The fourth-order valence-electron chi connectivity index (χ4n) is 2.45. The highest BCUT2D eigenvalue weighted by Gasteiger charge is 2.52. The first-order valence-electron chi connectivity index (χ1n) is 4.47. The van der Waals surface area contributed by atoms with Crippen LogP contribution in [0.1, 0.15) is 38.5 Å². The summed E-state index contributed by atoms with van der Waals surface area (Å²) in [5.74, 6) is -0.557. The summed E-state index contributed by atoms with van der Waals surface area (Å²) in [5, 5.41) is 8.91. The van der Waals surface area contributed by atoms with Gasteiger partial charge < -0.3 is 5.11 Å². The highest BCUT2D eigenvalue weighted by Crippen LogP contribution is 2.59. The monoisotopic (exact) mass is 154 g/mol. The molecule has 0 unspecified atom stereocenters. The number of hydrogen-bond acceptors (Lipinski definition) is 1. The minimum Gasteiger partial charge on any atom is -0.481 e. The predicted molar refractivity (Wildman–Crippen MR) is 41.3 cm³/mol. The van der Waals surface area contributed by atoms with Gasteiger partial charge in [0.15, 0.2) is 0 Å². The lowest BCUT2D eigenvalue weighted by atomic mass is 9.76. The van der Waals surface area contributed by atoms with Gasteiger partial charge in [0.05, 0.1) is 5.92 Å². The highest BCUT2D eigenvalue weighted by atomic mass is 16.4. The number of carboxylic acids is 1. The van der Waals surface area contributed by atoms with E-state index in [9.17, 15) is 4.79 Å². The largest absolute Gasteiger partial charge is 0.481 e. The van der Waals surface area contributed by atoms with Crippen LogP contribution in [0.2, 0.25) is 0 Å². The van der Waals surface area contributed by atoms with Gasteiger partial charge in [-0.2, -0.15) is 0 Å². The van der Waals surface area contributed by atoms with Crippen LogP contribution in [0.15, 0.2) is 0 Å². The second kappa shape index (κ2) is 2.23. The van der Waals surface area contributed by atoms with E-state index in [4.69, 9.17) is 5.11 Å². The summed E-state index contributed by atoms with van der Waals surface area (Å²) >= 11 is 0. The molecule has 0 amide bonds. The number of carboxylic acid groups (broad SMARTS) is 1. The van der Waals surface area contributed by atoms with E-state index in [1.807, 2.05) is 0 Å². The molecule has 0 saturated heterocycles. The molecule has 2 aliphatic rings. The van der Waals surface area contributed by atoms with Gasteiger partial charge in [-0.25, -0.2) is 0 Å². The van der Waals surface area contributed by atoms with E-state index in [0.29, 0.717) is 0 Å². The minimum absolute atomic E-state index is 0.00347. The molecule has 2 nitrogen and oxygen atoms in total. The zero-order valence-electron chi connectivity index (χ0n) is 6.68. The Labute approximate surface area is 66.6 Å². The molecule has 0 aromatic carbocycles. The maximum atomic E-state index is 10.8. The Hall–Kier alpha value is -0.530. The first kappa shape index (κ1) is 7.14. The summed E-state index contributed by atoms with van der Waals surface area (Å²) in [6, 6.07) is 0. The second-order valence-corrected chi connectivity index (χ2v) is 4.00. The van der Waals surface area contributed by atoms with Crippen LogP contribution >= 0.6 is 0 Å². The molecule has 2 aliphatic carbocycles. The molecule has 2 fully saturated rings. The third kappa shape index (κ3) is 1.05. The molecule has 0 bridgehead atoms. The van der Waals surface area contributed by atoms with Gasteiger partial charge in [0.1, 0.15) is 0 Å². The molecule has 1 N–H and O–H groups in total. The van der Waals surface area contributed by atoms with Gasteiger partial charge in [0.25, 0.3) is 0 Å². The average Bonchev–Trinajstić information content (AvgIpc) is 2.70. The lowest BCUT2D eigenvalue weighted by Gasteiger charge is -2.27. The smallest absolute Gasteiger partial charge is 0.307 e. The lowest BCUT2D eigenvalue weighted by Crippen LogP contribution is -2.28. The van der Waals surface area contributed by atoms with Crippen LogP contribution in [0, 0.1) is 11.3 Å². The fraction of sp³-hybridized carbons (Fsp3) is 0.889. The Morgan fingerprint density at radius 1 is 1.27 bits per heavy atom. The lowest BCUT2D eigenvalue weighted by molar-refractivity contribution is -0.145. The molecule has 2 heteroatoms. The van der Waals surface area contributed by atoms with Gasteiger partial charge in [-0.15, -0.1) is 0 Å². The Kier molecular flexibility index (Phi) is 1.44. The third-order valence-corrected chi connectivity index (χ3v) is 3.35. The van der Waals surface area contributed by atoms with Gasteiger partial charge in [0, 0.05) is 0 Å². The van der Waals surface area contributed by atoms with E-state index in [1.165, 1.54) is 25.7 Å². The zero-order chi connectivity index (χ0) is 7.90. The van der Waals surface area contributed by atoms with Crippen molar-refractivity contribution >= 4 is 5.97 Å². The summed E-state index contributed by atoms with van der Waals surface area (Å²) in [4.78, 5) is 10.8. The summed E-state index contributed by atoms with van der Waals surface area (Å²) in [7, 11) is 0. The maximum Gasteiger partial charge on any atom is 0.307 e. The standard InChI is InChI=1S/C9H14O2/c10-8(11)7-3-1-2-4-9(7)5-6-9/h7H,1-6H2,(H,10,11)/t7-/m0/s1. The normalized spacial score (nSPS) is 33.6. The van der Waals surface area contributed by atoms with Crippen LogP contribution in [0.4, 0.5) is 0 Å². The van der Waals surface area contributed by atoms with Crippen LogP contribution in [0.5, 0.6) is 0 Å². The highest BCUT2D eigenvalue weighted by molar-refractivity contribution is 5.71. The molecular weight excluding hydrogens is 140 g/mol. The summed E-state index contributed by atoms with van der Waals surface area (Å²) in [6.07, 6.45) is 6.82. The van der Waals surface area contributed by atoms with Gasteiger partial charge in [0.2, 0.25) is 0 Å². The Morgan fingerprint density at radius 2 is 2.00 bits per heavy atom. The van der Waals surface area contributed by atoms with Crippen LogP contribution in [0.3, 0.4) is 0 Å². The Balaban J connectivity index is 2.10. The predicted octanol–water partition coefficient (Wildman–Crippen LogP) is 2.04. The van der Waals surface area contributed by atoms with Crippen molar-refractivity contribution in [2.24, 2.45) is 11.3 Å². The van der Waals surface area contributed by atoms with Crippen molar-refractivity contribution in [1.29, 1.82) is 0 Å². The summed E-state index contributed by atoms with van der Waals surface area (Å²) in [5.41, 5.74) is 0.268. The Bertz CT molecular complexity index is 182. The zero-order valence-corrected chi connectivity index (χ0v) is 6.68. The number of rotatable bonds is 1. The molecule has 2 saturated carbocycles.